The summed E-state index contributed by atoms with van der Waals surface area (Å²) in [5.74, 6) is 0.161. The summed E-state index contributed by atoms with van der Waals surface area (Å²) in [6.45, 7) is 3.79. The summed E-state index contributed by atoms with van der Waals surface area (Å²) >= 11 is 17.7. The van der Waals surface area contributed by atoms with E-state index in [4.69, 9.17) is 39.5 Å². The molecule has 146 valence electrons. The van der Waals surface area contributed by atoms with Gasteiger partial charge in [-0.1, -0.05) is 23.2 Å². The number of aromatic nitrogens is 3. The van der Waals surface area contributed by atoms with Gasteiger partial charge in [0.05, 0.1) is 21.8 Å². The van der Waals surface area contributed by atoms with Gasteiger partial charge in [-0.15, -0.1) is 16.7 Å². The van der Waals surface area contributed by atoms with E-state index in [2.05, 4.69) is 15.4 Å². The fraction of sp³-hybridized carbons (Fsp3) is 0.211. The number of ether oxygens (including phenoxy) is 1. The van der Waals surface area contributed by atoms with E-state index in [9.17, 15) is 4.79 Å². The van der Waals surface area contributed by atoms with Gasteiger partial charge in [0.25, 0.3) is 0 Å². The van der Waals surface area contributed by atoms with Gasteiger partial charge in [0, 0.05) is 11.3 Å². The second-order valence-electron chi connectivity index (χ2n) is 6.15. The molecule has 28 heavy (non-hydrogen) atoms. The number of anilines is 1. The van der Waals surface area contributed by atoms with Crippen molar-refractivity contribution in [1.82, 2.24) is 14.8 Å². The number of amides is 1. The van der Waals surface area contributed by atoms with Crippen LogP contribution >= 0.6 is 34.8 Å². The Morgan fingerprint density at radius 1 is 1.14 bits per heavy atom. The van der Waals surface area contributed by atoms with Crippen LogP contribution in [0.5, 0.6) is 6.01 Å². The lowest BCUT2D eigenvalue weighted by molar-refractivity contribution is -0.113. The Bertz CT molecular complexity index is 987. The molecule has 0 saturated heterocycles. The standard InChI is InChI=1S/C19H17Cl3N4O2/c1-11(2)28-19-24-18(12-3-8-15(21)16(22)9-12)26(25-19)14-6-4-13(5-7-14)23-17(27)10-20/h3-9,11H,10H2,1-2H3,(H,23,27). The van der Waals surface area contributed by atoms with Crippen LogP contribution in [0.15, 0.2) is 42.5 Å². The minimum atomic E-state index is -0.278. The van der Waals surface area contributed by atoms with Crippen molar-refractivity contribution in [3.63, 3.8) is 0 Å². The van der Waals surface area contributed by atoms with Crippen molar-refractivity contribution in [3.8, 4) is 23.1 Å². The second-order valence-corrected chi connectivity index (χ2v) is 7.24. The summed E-state index contributed by atoms with van der Waals surface area (Å²) in [7, 11) is 0. The van der Waals surface area contributed by atoms with Crippen LogP contribution in [0.4, 0.5) is 5.69 Å². The molecule has 0 fully saturated rings. The molecule has 3 aromatic rings. The molecule has 0 saturated carbocycles. The van der Waals surface area contributed by atoms with Crippen LogP contribution in [0, 0.1) is 0 Å². The van der Waals surface area contributed by atoms with E-state index < -0.39 is 0 Å². The lowest BCUT2D eigenvalue weighted by Gasteiger charge is -2.08. The number of nitrogens with one attached hydrogen (secondary N) is 1. The van der Waals surface area contributed by atoms with E-state index >= 15 is 0 Å². The summed E-state index contributed by atoms with van der Waals surface area (Å²) in [6, 6.07) is 12.6. The zero-order chi connectivity index (χ0) is 20.3. The molecule has 1 amide bonds. The Kier molecular flexibility index (Phi) is 6.44. The summed E-state index contributed by atoms with van der Waals surface area (Å²) in [6.07, 6.45) is -0.0781. The van der Waals surface area contributed by atoms with Gasteiger partial charge in [0.15, 0.2) is 5.82 Å². The van der Waals surface area contributed by atoms with Crippen molar-refractivity contribution in [2.75, 3.05) is 11.2 Å². The normalized spacial score (nSPS) is 10.9. The topological polar surface area (TPSA) is 69.0 Å². The van der Waals surface area contributed by atoms with Crippen LogP contribution in [-0.4, -0.2) is 32.7 Å². The zero-order valence-electron chi connectivity index (χ0n) is 15.1. The number of carbonyl (C=O) groups excluding carboxylic acids is 1. The minimum Gasteiger partial charge on any atom is -0.460 e. The van der Waals surface area contributed by atoms with E-state index in [0.717, 1.165) is 11.3 Å². The van der Waals surface area contributed by atoms with Gasteiger partial charge in [0.2, 0.25) is 5.91 Å². The van der Waals surface area contributed by atoms with Crippen LogP contribution in [0.1, 0.15) is 13.8 Å². The highest BCUT2D eigenvalue weighted by atomic mass is 35.5. The number of hydrogen-bond acceptors (Lipinski definition) is 4. The highest BCUT2D eigenvalue weighted by Crippen LogP contribution is 2.30. The molecule has 0 aliphatic carbocycles. The molecule has 0 aliphatic heterocycles. The number of nitrogens with zero attached hydrogens (tertiary/aromatic N) is 3. The Balaban J connectivity index is 2.02. The average Bonchev–Trinajstić information content (AvgIpc) is 3.07. The van der Waals surface area contributed by atoms with Crippen molar-refractivity contribution in [2.45, 2.75) is 20.0 Å². The molecular formula is C19H17Cl3N4O2. The first kappa shape index (κ1) is 20.5. The number of halogens is 3. The maximum Gasteiger partial charge on any atom is 0.336 e. The molecular weight excluding hydrogens is 423 g/mol. The van der Waals surface area contributed by atoms with E-state index in [1.165, 1.54) is 0 Å². The van der Waals surface area contributed by atoms with Crippen LogP contribution in [-0.2, 0) is 4.79 Å². The largest absolute Gasteiger partial charge is 0.460 e. The SMILES string of the molecule is CC(C)Oc1nc(-c2ccc(Cl)c(Cl)c2)n(-c2ccc(NC(=O)CCl)cc2)n1. The monoisotopic (exact) mass is 438 g/mol. The van der Waals surface area contributed by atoms with E-state index in [1.54, 1.807) is 41.1 Å². The predicted octanol–water partition coefficient (Wildman–Crippen LogP) is 5.21. The van der Waals surface area contributed by atoms with Gasteiger partial charge in [-0.2, -0.15) is 4.98 Å². The molecule has 0 bridgehead atoms. The smallest absolute Gasteiger partial charge is 0.336 e. The van der Waals surface area contributed by atoms with Gasteiger partial charge in [-0.05, 0) is 56.3 Å². The van der Waals surface area contributed by atoms with Gasteiger partial charge in [0.1, 0.15) is 5.88 Å². The van der Waals surface area contributed by atoms with Gasteiger partial charge in [-0.3, -0.25) is 4.79 Å². The van der Waals surface area contributed by atoms with Crippen LogP contribution < -0.4 is 10.1 Å². The van der Waals surface area contributed by atoms with Crippen molar-refractivity contribution in [3.05, 3.63) is 52.5 Å². The molecule has 1 heterocycles. The first-order valence-corrected chi connectivity index (χ1v) is 9.72. The molecule has 0 spiro atoms. The highest BCUT2D eigenvalue weighted by molar-refractivity contribution is 6.42. The molecule has 0 atom stereocenters. The molecule has 1 aromatic heterocycles. The number of benzene rings is 2. The van der Waals surface area contributed by atoms with E-state index in [1.807, 2.05) is 19.9 Å². The summed E-state index contributed by atoms with van der Waals surface area (Å²) in [5, 5.41) is 8.01. The zero-order valence-corrected chi connectivity index (χ0v) is 17.4. The first-order valence-electron chi connectivity index (χ1n) is 8.42. The predicted molar refractivity (Wildman–Crippen MR) is 112 cm³/mol. The number of carbonyl (C=O) groups is 1. The molecule has 9 heteroatoms. The number of hydrogen-bond donors (Lipinski definition) is 1. The minimum absolute atomic E-state index is 0.0781. The number of alkyl halides is 1. The quantitative estimate of drug-likeness (QED) is 0.536. The molecule has 0 unspecified atom stereocenters. The third-order valence-electron chi connectivity index (χ3n) is 3.62. The lowest BCUT2D eigenvalue weighted by atomic mass is 10.2. The Morgan fingerprint density at radius 2 is 1.86 bits per heavy atom. The van der Waals surface area contributed by atoms with Crippen molar-refractivity contribution in [1.29, 1.82) is 0 Å². The lowest BCUT2D eigenvalue weighted by Crippen LogP contribution is -2.12. The van der Waals surface area contributed by atoms with Gasteiger partial charge in [-0.25, -0.2) is 4.68 Å². The van der Waals surface area contributed by atoms with Crippen molar-refractivity contribution >= 4 is 46.4 Å². The van der Waals surface area contributed by atoms with Crippen molar-refractivity contribution in [2.24, 2.45) is 0 Å². The van der Waals surface area contributed by atoms with E-state index in [0.29, 0.717) is 21.6 Å². The van der Waals surface area contributed by atoms with Crippen LogP contribution in [0.25, 0.3) is 17.1 Å². The summed E-state index contributed by atoms with van der Waals surface area (Å²) in [4.78, 5) is 15.9. The first-order chi connectivity index (χ1) is 13.4. The maximum atomic E-state index is 11.4. The average molecular weight is 440 g/mol. The molecule has 1 N–H and O–H groups in total. The van der Waals surface area contributed by atoms with Crippen molar-refractivity contribution < 1.29 is 9.53 Å². The highest BCUT2D eigenvalue weighted by Gasteiger charge is 2.16. The van der Waals surface area contributed by atoms with Gasteiger partial charge < -0.3 is 10.1 Å². The summed E-state index contributed by atoms with van der Waals surface area (Å²) < 4.78 is 7.29. The fourth-order valence-corrected chi connectivity index (χ4v) is 2.80. The van der Waals surface area contributed by atoms with E-state index in [-0.39, 0.29) is 23.9 Å². The Labute approximate surface area is 177 Å². The molecule has 6 nitrogen and oxygen atoms in total. The van der Waals surface area contributed by atoms with Gasteiger partial charge >= 0.3 is 6.01 Å². The van der Waals surface area contributed by atoms with Crippen LogP contribution in [0.3, 0.4) is 0 Å². The fourth-order valence-electron chi connectivity index (χ4n) is 2.44. The number of rotatable bonds is 6. The third-order valence-corrected chi connectivity index (χ3v) is 4.61. The maximum absolute atomic E-state index is 11.4. The molecule has 0 aliphatic rings. The Hall–Kier alpha value is -2.28. The molecule has 0 radical (unpaired) electrons. The summed E-state index contributed by atoms with van der Waals surface area (Å²) in [5.41, 5.74) is 2.10. The molecule has 3 rings (SSSR count). The molecule has 2 aromatic carbocycles. The van der Waals surface area contributed by atoms with Crippen LogP contribution in [0.2, 0.25) is 10.0 Å². The third kappa shape index (κ3) is 4.76. The Morgan fingerprint density at radius 3 is 2.46 bits per heavy atom. The second kappa shape index (κ2) is 8.82.